The number of allylic oxidation sites excluding steroid dienone is 1. The summed E-state index contributed by atoms with van der Waals surface area (Å²) in [5.41, 5.74) is 4.71. The van der Waals surface area contributed by atoms with E-state index in [2.05, 4.69) is 15.5 Å². The van der Waals surface area contributed by atoms with Crippen LogP contribution in [0.1, 0.15) is 49.5 Å². The summed E-state index contributed by atoms with van der Waals surface area (Å²) in [6.45, 7) is 7.14. The Bertz CT molecular complexity index is 1120. The Morgan fingerprint density at radius 2 is 1.74 bits per heavy atom. The summed E-state index contributed by atoms with van der Waals surface area (Å²) < 4.78 is 5.06. The van der Waals surface area contributed by atoms with Crippen molar-refractivity contribution in [3.8, 4) is 0 Å². The van der Waals surface area contributed by atoms with Gasteiger partial charge in [0.25, 0.3) is 5.91 Å². The second-order valence-electron chi connectivity index (χ2n) is 8.64. The Morgan fingerprint density at radius 3 is 2.34 bits per heavy atom. The molecule has 2 aromatic carbocycles. The van der Waals surface area contributed by atoms with Crippen molar-refractivity contribution in [2.75, 3.05) is 49.3 Å². The van der Waals surface area contributed by atoms with Crippen LogP contribution < -0.4 is 15.5 Å². The van der Waals surface area contributed by atoms with Crippen molar-refractivity contribution in [3.05, 3.63) is 59.3 Å². The van der Waals surface area contributed by atoms with Crippen molar-refractivity contribution < 1.29 is 19.1 Å². The van der Waals surface area contributed by atoms with Crippen LogP contribution >= 0.6 is 0 Å². The van der Waals surface area contributed by atoms with Gasteiger partial charge in [0.15, 0.2) is 0 Å². The predicted octanol–water partition coefficient (Wildman–Crippen LogP) is 4.35. The first kappa shape index (κ1) is 26.0. The molecule has 8 heteroatoms. The predicted molar refractivity (Wildman–Crippen MR) is 140 cm³/mol. The van der Waals surface area contributed by atoms with Crippen molar-refractivity contribution in [2.24, 2.45) is 0 Å². The Hall–Kier alpha value is -3.65. The molecule has 0 fully saturated rings. The molecular formula is C27H34N4O4. The molecule has 1 aliphatic heterocycles. The first-order valence-corrected chi connectivity index (χ1v) is 11.9. The summed E-state index contributed by atoms with van der Waals surface area (Å²) in [6.07, 6.45) is 1.48. The smallest absolute Gasteiger partial charge is 0.338 e. The van der Waals surface area contributed by atoms with E-state index < -0.39 is 5.97 Å². The molecule has 3 rings (SSSR count). The fourth-order valence-corrected chi connectivity index (χ4v) is 4.05. The fourth-order valence-electron chi connectivity index (χ4n) is 4.05. The zero-order chi connectivity index (χ0) is 25.5. The lowest BCUT2D eigenvalue weighted by atomic mass is 10.0. The lowest BCUT2D eigenvalue weighted by molar-refractivity contribution is -0.116. The number of esters is 1. The molecule has 0 spiro atoms. The Balaban J connectivity index is 1.82. The van der Waals surface area contributed by atoms with E-state index in [0.29, 0.717) is 29.8 Å². The summed E-state index contributed by atoms with van der Waals surface area (Å²) in [6, 6.07) is 12.7. The molecule has 0 aliphatic carbocycles. The highest BCUT2D eigenvalue weighted by Gasteiger charge is 2.28. The molecule has 8 nitrogen and oxygen atoms in total. The van der Waals surface area contributed by atoms with Gasteiger partial charge in [0.05, 0.1) is 23.4 Å². The summed E-state index contributed by atoms with van der Waals surface area (Å²) in [4.78, 5) is 40.9. The third-order valence-corrected chi connectivity index (χ3v) is 5.77. The monoisotopic (exact) mass is 478 g/mol. The summed E-state index contributed by atoms with van der Waals surface area (Å²) in [7, 11) is 4.03. The first-order chi connectivity index (χ1) is 16.7. The molecule has 0 aromatic heterocycles. The number of fused-ring (bicyclic) bond motifs is 1. The molecule has 2 aromatic rings. The lowest BCUT2D eigenvalue weighted by Crippen LogP contribution is -2.31. The van der Waals surface area contributed by atoms with Gasteiger partial charge >= 0.3 is 5.97 Å². The first-order valence-electron chi connectivity index (χ1n) is 11.9. The minimum absolute atomic E-state index is 0.00209. The van der Waals surface area contributed by atoms with Crippen LogP contribution in [-0.2, 0) is 14.3 Å². The Kier molecular flexibility index (Phi) is 8.65. The number of benzene rings is 2. The number of ether oxygens (including phenoxy) is 1. The summed E-state index contributed by atoms with van der Waals surface area (Å²) >= 11 is 0. The normalized spacial score (nSPS) is 13.8. The van der Waals surface area contributed by atoms with Gasteiger partial charge in [-0.25, -0.2) is 4.79 Å². The van der Waals surface area contributed by atoms with Gasteiger partial charge in [0, 0.05) is 36.1 Å². The van der Waals surface area contributed by atoms with Crippen molar-refractivity contribution in [1.29, 1.82) is 0 Å². The van der Waals surface area contributed by atoms with Gasteiger partial charge in [-0.1, -0.05) is 13.0 Å². The van der Waals surface area contributed by atoms with Crippen LogP contribution in [0.4, 0.5) is 17.1 Å². The molecule has 186 valence electrons. The zero-order valence-corrected chi connectivity index (χ0v) is 21.1. The van der Waals surface area contributed by atoms with Gasteiger partial charge in [-0.3, -0.25) is 9.59 Å². The minimum atomic E-state index is -0.419. The molecule has 0 bridgehead atoms. The third kappa shape index (κ3) is 6.27. The van der Waals surface area contributed by atoms with Gasteiger partial charge in [-0.15, -0.1) is 0 Å². The maximum absolute atomic E-state index is 12.8. The highest BCUT2D eigenvalue weighted by molar-refractivity contribution is 6.32. The van der Waals surface area contributed by atoms with Crippen LogP contribution in [0.25, 0.3) is 5.57 Å². The van der Waals surface area contributed by atoms with E-state index in [1.807, 2.05) is 45.3 Å². The van der Waals surface area contributed by atoms with Gasteiger partial charge in [-0.05, 0) is 76.8 Å². The van der Waals surface area contributed by atoms with Crippen LogP contribution in [0.5, 0.6) is 0 Å². The Labute approximate surface area is 206 Å². The van der Waals surface area contributed by atoms with E-state index in [1.54, 1.807) is 36.9 Å². The third-order valence-electron chi connectivity index (χ3n) is 5.77. The number of hydrogen-bond acceptors (Lipinski definition) is 6. The molecule has 1 aliphatic rings. The Morgan fingerprint density at radius 1 is 1.03 bits per heavy atom. The second-order valence-corrected chi connectivity index (χ2v) is 8.64. The highest BCUT2D eigenvalue weighted by atomic mass is 16.5. The number of hydrogen-bond donors (Lipinski definition) is 2. The van der Waals surface area contributed by atoms with Crippen molar-refractivity contribution in [3.63, 3.8) is 0 Å². The average Bonchev–Trinajstić information content (AvgIpc) is 3.15. The number of nitrogens with zero attached hydrogens (tertiary/aromatic N) is 2. The number of carbonyl (C=O) groups excluding carboxylic acids is 3. The fraction of sp³-hybridized carbons (Fsp3) is 0.370. The van der Waals surface area contributed by atoms with Crippen LogP contribution in [0, 0.1) is 0 Å². The van der Waals surface area contributed by atoms with Crippen LogP contribution in [0.3, 0.4) is 0 Å². The van der Waals surface area contributed by atoms with Gasteiger partial charge < -0.3 is 25.2 Å². The van der Waals surface area contributed by atoms with E-state index in [0.717, 1.165) is 35.6 Å². The van der Waals surface area contributed by atoms with Crippen molar-refractivity contribution >= 4 is 40.4 Å². The van der Waals surface area contributed by atoms with E-state index in [-0.39, 0.29) is 18.4 Å². The highest BCUT2D eigenvalue weighted by Crippen LogP contribution is 2.36. The SMILES string of the molecule is CCOC(=O)c1ccc2c(c1)NC(=O)/C2=C(/CC)Nc1ccc(N(CCCN(C)C)C(C)=O)cc1. The topological polar surface area (TPSA) is 91.0 Å². The molecule has 0 saturated heterocycles. The van der Waals surface area contributed by atoms with Crippen molar-refractivity contribution in [2.45, 2.75) is 33.6 Å². The van der Waals surface area contributed by atoms with E-state index in [4.69, 9.17) is 4.74 Å². The number of rotatable bonds is 10. The number of nitrogens with one attached hydrogen (secondary N) is 2. The second kappa shape index (κ2) is 11.7. The molecule has 2 amide bonds. The average molecular weight is 479 g/mol. The van der Waals surface area contributed by atoms with Gasteiger partial charge in [0.1, 0.15) is 0 Å². The lowest BCUT2D eigenvalue weighted by Gasteiger charge is -2.22. The molecule has 35 heavy (non-hydrogen) atoms. The number of carbonyl (C=O) groups is 3. The molecular weight excluding hydrogens is 444 g/mol. The maximum Gasteiger partial charge on any atom is 0.338 e. The molecule has 0 unspecified atom stereocenters. The summed E-state index contributed by atoms with van der Waals surface area (Å²) in [5.74, 6) is -0.634. The van der Waals surface area contributed by atoms with E-state index >= 15 is 0 Å². The molecule has 2 N–H and O–H groups in total. The number of amides is 2. The summed E-state index contributed by atoms with van der Waals surface area (Å²) in [5, 5.41) is 6.23. The maximum atomic E-state index is 12.8. The molecule has 0 radical (unpaired) electrons. The van der Waals surface area contributed by atoms with E-state index in [9.17, 15) is 14.4 Å². The molecule has 0 saturated carbocycles. The largest absolute Gasteiger partial charge is 0.462 e. The van der Waals surface area contributed by atoms with Gasteiger partial charge in [0.2, 0.25) is 5.91 Å². The van der Waals surface area contributed by atoms with Gasteiger partial charge in [-0.2, -0.15) is 0 Å². The quantitative estimate of drug-likeness (QED) is 0.390. The molecule has 0 atom stereocenters. The standard InChI is InChI=1S/C27H34N4O4/c1-6-23(25-22-14-9-19(27(34)35-7-2)17-24(22)29-26(25)33)28-20-10-12-21(13-11-20)31(18(3)32)16-8-15-30(4)5/h9-14,17,28H,6-8,15-16H2,1-5H3,(H,29,33)/b25-23-. The van der Waals surface area contributed by atoms with E-state index in [1.165, 1.54) is 0 Å². The zero-order valence-electron chi connectivity index (χ0n) is 21.1. The van der Waals surface area contributed by atoms with Crippen LogP contribution in [0.2, 0.25) is 0 Å². The van der Waals surface area contributed by atoms with Crippen LogP contribution in [0.15, 0.2) is 48.2 Å². The van der Waals surface area contributed by atoms with Crippen LogP contribution in [-0.4, -0.2) is 56.5 Å². The molecule has 1 heterocycles. The van der Waals surface area contributed by atoms with Crippen molar-refractivity contribution in [1.82, 2.24) is 4.90 Å². The minimum Gasteiger partial charge on any atom is -0.462 e. The number of anilines is 3.